The van der Waals surface area contributed by atoms with Gasteiger partial charge in [-0.05, 0) is 29.8 Å². The third-order valence-electron chi connectivity index (χ3n) is 4.78. The smallest absolute Gasteiger partial charge is 0.231 e. The molecule has 1 atom stereocenters. The van der Waals surface area contributed by atoms with Crippen LogP contribution in [-0.2, 0) is 4.79 Å². The summed E-state index contributed by atoms with van der Waals surface area (Å²) in [5, 5.41) is 2.93. The van der Waals surface area contributed by atoms with Gasteiger partial charge in [-0.25, -0.2) is 4.98 Å². The fourth-order valence-corrected chi connectivity index (χ4v) is 3.53. The second-order valence-corrected chi connectivity index (χ2v) is 6.32. The number of nitrogens with one attached hydrogen (secondary N) is 1. The zero-order valence-electron chi connectivity index (χ0n) is 14.5. The fourth-order valence-electron chi connectivity index (χ4n) is 3.53. The monoisotopic (exact) mass is 364 g/mol. The first-order valence-corrected chi connectivity index (χ1v) is 8.49. The van der Waals surface area contributed by atoms with Crippen molar-refractivity contribution in [3.63, 3.8) is 0 Å². The Kier molecular flexibility index (Phi) is 3.49. The molecule has 1 amide bonds. The molecular formula is C19H16N4O4. The molecule has 27 heavy (non-hydrogen) atoms. The maximum atomic E-state index is 12.4. The normalized spacial score (nSPS) is 17.4. The number of aromatic nitrogens is 3. The predicted molar refractivity (Wildman–Crippen MR) is 95.6 cm³/mol. The summed E-state index contributed by atoms with van der Waals surface area (Å²) < 4.78 is 18.3. The summed E-state index contributed by atoms with van der Waals surface area (Å²) in [5.74, 6) is 2.15. The van der Waals surface area contributed by atoms with Gasteiger partial charge in [0.25, 0.3) is 0 Å². The van der Waals surface area contributed by atoms with Gasteiger partial charge in [0.2, 0.25) is 18.4 Å². The van der Waals surface area contributed by atoms with E-state index in [9.17, 15) is 4.79 Å². The molecule has 136 valence electrons. The molecule has 0 saturated carbocycles. The SMILES string of the molecule is COc1cc([C@@H]2CC(=O)Nc3c2ncn3-c2cccnc2)cc2c1OCO2. The van der Waals surface area contributed by atoms with Gasteiger partial charge < -0.3 is 19.5 Å². The number of nitrogens with zero attached hydrogens (tertiary/aromatic N) is 3. The summed E-state index contributed by atoms with van der Waals surface area (Å²) >= 11 is 0. The number of ether oxygens (including phenoxy) is 3. The first kappa shape index (κ1) is 15.7. The van der Waals surface area contributed by atoms with Gasteiger partial charge in [0.15, 0.2) is 11.5 Å². The number of fused-ring (bicyclic) bond motifs is 2. The van der Waals surface area contributed by atoms with E-state index in [0.717, 1.165) is 16.9 Å². The van der Waals surface area contributed by atoms with E-state index in [4.69, 9.17) is 14.2 Å². The van der Waals surface area contributed by atoms with Crippen LogP contribution in [0.4, 0.5) is 5.82 Å². The lowest BCUT2D eigenvalue weighted by Gasteiger charge is -2.24. The summed E-state index contributed by atoms with van der Waals surface area (Å²) in [6.07, 6.45) is 5.42. The summed E-state index contributed by atoms with van der Waals surface area (Å²) in [6, 6.07) is 7.52. The molecule has 1 aromatic carbocycles. The Morgan fingerprint density at radius 2 is 2.26 bits per heavy atom. The molecule has 4 heterocycles. The lowest BCUT2D eigenvalue weighted by molar-refractivity contribution is -0.116. The standard InChI is InChI=1S/C19H16N4O4/c1-25-14-5-11(6-15-18(14)27-10-26-15)13-7-16(24)22-19-17(13)21-9-23(19)12-3-2-4-20-8-12/h2-6,8-9,13H,7,10H2,1H3,(H,22,24)/t13-/m0/s1. The summed E-state index contributed by atoms with van der Waals surface area (Å²) in [7, 11) is 1.58. The molecule has 3 aromatic rings. The van der Waals surface area contributed by atoms with Crippen molar-refractivity contribution in [2.45, 2.75) is 12.3 Å². The number of carbonyl (C=O) groups is 1. The topological polar surface area (TPSA) is 87.5 Å². The quantitative estimate of drug-likeness (QED) is 0.768. The Balaban J connectivity index is 1.62. The zero-order chi connectivity index (χ0) is 18.4. The molecule has 0 fully saturated rings. The molecule has 0 aliphatic carbocycles. The molecule has 2 aromatic heterocycles. The van der Waals surface area contributed by atoms with Crippen LogP contribution in [0.1, 0.15) is 23.6 Å². The van der Waals surface area contributed by atoms with Crippen LogP contribution in [0.15, 0.2) is 43.0 Å². The second-order valence-electron chi connectivity index (χ2n) is 6.32. The van der Waals surface area contributed by atoms with Gasteiger partial charge in [-0.15, -0.1) is 0 Å². The molecule has 0 bridgehead atoms. The van der Waals surface area contributed by atoms with Gasteiger partial charge in [-0.3, -0.25) is 14.3 Å². The van der Waals surface area contributed by atoms with Crippen molar-refractivity contribution in [2.24, 2.45) is 0 Å². The van der Waals surface area contributed by atoms with Crippen molar-refractivity contribution in [1.29, 1.82) is 0 Å². The van der Waals surface area contributed by atoms with Crippen molar-refractivity contribution >= 4 is 11.7 Å². The summed E-state index contributed by atoms with van der Waals surface area (Å²) in [6.45, 7) is 0.154. The second kappa shape index (κ2) is 6.01. The molecule has 2 aliphatic heterocycles. The van der Waals surface area contributed by atoms with Crippen LogP contribution in [0.2, 0.25) is 0 Å². The molecule has 0 spiro atoms. The first-order chi connectivity index (χ1) is 13.2. The van der Waals surface area contributed by atoms with E-state index in [-0.39, 0.29) is 18.6 Å². The minimum absolute atomic E-state index is 0.0743. The van der Waals surface area contributed by atoms with Crippen LogP contribution in [0, 0.1) is 0 Å². The van der Waals surface area contributed by atoms with E-state index in [0.29, 0.717) is 29.5 Å². The number of amides is 1. The first-order valence-electron chi connectivity index (χ1n) is 8.49. The minimum atomic E-state index is -0.213. The summed E-state index contributed by atoms with van der Waals surface area (Å²) in [5.41, 5.74) is 2.51. The lowest BCUT2D eigenvalue weighted by Crippen LogP contribution is -2.25. The van der Waals surface area contributed by atoms with Crippen LogP contribution < -0.4 is 19.5 Å². The number of methoxy groups -OCH3 is 1. The number of hydrogen-bond acceptors (Lipinski definition) is 6. The van der Waals surface area contributed by atoms with Crippen LogP contribution in [0.3, 0.4) is 0 Å². The molecular weight excluding hydrogens is 348 g/mol. The number of hydrogen-bond donors (Lipinski definition) is 1. The van der Waals surface area contributed by atoms with Crippen LogP contribution >= 0.6 is 0 Å². The van der Waals surface area contributed by atoms with Crippen LogP contribution in [0.25, 0.3) is 5.69 Å². The number of pyridine rings is 1. The molecule has 0 radical (unpaired) electrons. The third-order valence-corrected chi connectivity index (χ3v) is 4.78. The Labute approximate surface area is 154 Å². The highest BCUT2D eigenvalue weighted by molar-refractivity contribution is 5.94. The van der Waals surface area contributed by atoms with E-state index in [1.54, 1.807) is 25.8 Å². The highest BCUT2D eigenvalue weighted by atomic mass is 16.7. The number of benzene rings is 1. The molecule has 5 rings (SSSR count). The van der Waals surface area contributed by atoms with Crippen molar-refractivity contribution < 1.29 is 19.0 Å². The zero-order valence-corrected chi connectivity index (χ0v) is 14.5. The minimum Gasteiger partial charge on any atom is -0.493 e. The predicted octanol–water partition coefficient (Wildman–Crippen LogP) is 2.48. The number of imidazole rings is 1. The Morgan fingerprint density at radius 3 is 3.07 bits per heavy atom. The largest absolute Gasteiger partial charge is 0.493 e. The number of carbonyl (C=O) groups excluding carboxylic acids is 1. The van der Waals surface area contributed by atoms with E-state index >= 15 is 0 Å². The van der Waals surface area contributed by atoms with E-state index < -0.39 is 0 Å². The number of anilines is 1. The number of rotatable bonds is 3. The van der Waals surface area contributed by atoms with Crippen molar-refractivity contribution in [3.8, 4) is 22.9 Å². The molecule has 1 N–H and O–H groups in total. The average Bonchev–Trinajstić information content (AvgIpc) is 3.34. The summed E-state index contributed by atoms with van der Waals surface area (Å²) in [4.78, 5) is 21.1. The van der Waals surface area contributed by atoms with Gasteiger partial charge in [0.1, 0.15) is 12.1 Å². The third kappa shape index (κ3) is 2.49. The van der Waals surface area contributed by atoms with Gasteiger partial charge in [0, 0.05) is 18.5 Å². The fraction of sp³-hybridized carbons (Fsp3) is 0.211. The van der Waals surface area contributed by atoms with Gasteiger partial charge in [-0.2, -0.15) is 0 Å². The van der Waals surface area contributed by atoms with Gasteiger partial charge in [0.05, 0.1) is 24.7 Å². The maximum Gasteiger partial charge on any atom is 0.231 e. The average molecular weight is 364 g/mol. The van der Waals surface area contributed by atoms with Crippen molar-refractivity contribution in [3.05, 3.63) is 54.2 Å². The van der Waals surface area contributed by atoms with E-state index in [1.807, 2.05) is 28.8 Å². The Bertz CT molecular complexity index is 1030. The van der Waals surface area contributed by atoms with Gasteiger partial charge in [-0.1, -0.05) is 0 Å². The Hall–Kier alpha value is -3.55. The van der Waals surface area contributed by atoms with Crippen molar-refractivity contribution in [1.82, 2.24) is 14.5 Å². The van der Waals surface area contributed by atoms with Crippen LogP contribution in [0.5, 0.6) is 17.2 Å². The lowest BCUT2D eigenvalue weighted by atomic mass is 9.89. The van der Waals surface area contributed by atoms with Crippen molar-refractivity contribution in [2.75, 3.05) is 19.2 Å². The van der Waals surface area contributed by atoms with E-state index in [2.05, 4.69) is 15.3 Å². The molecule has 2 aliphatic rings. The Morgan fingerprint density at radius 1 is 1.33 bits per heavy atom. The molecule has 8 nitrogen and oxygen atoms in total. The van der Waals surface area contributed by atoms with Gasteiger partial charge >= 0.3 is 0 Å². The highest BCUT2D eigenvalue weighted by Gasteiger charge is 2.33. The van der Waals surface area contributed by atoms with E-state index in [1.165, 1.54) is 0 Å². The molecule has 8 heteroatoms. The highest BCUT2D eigenvalue weighted by Crippen LogP contribution is 2.46. The molecule has 0 unspecified atom stereocenters. The molecule has 0 saturated heterocycles. The van der Waals surface area contributed by atoms with Crippen LogP contribution in [-0.4, -0.2) is 34.3 Å². The maximum absolute atomic E-state index is 12.4.